The van der Waals surface area contributed by atoms with Gasteiger partial charge in [0.25, 0.3) is 0 Å². The van der Waals surface area contributed by atoms with Gasteiger partial charge in [-0.1, -0.05) is 29.8 Å². The number of hydrogen-bond acceptors (Lipinski definition) is 2. The third kappa shape index (κ3) is 4.13. The van der Waals surface area contributed by atoms with E-state index in [1.54, 1.807) is 17.1 Å². The van der Waals surface area contributed by atoms with Crippen molar-refractivity contribution in [1.82, 2.24) is 20.1 Å². The number of rotatable bonds is 7. The topological polar surface area (TPSA) is 62.7 Å². The Kier molecular flexibility index (Phi) is 4.98. The second-order valence-electron chi connectivity index (χ2n) is 5.48. The highest BCUT2D eigenvalue weighted by Gasteiger charge is 2.05. The number of aryl methyl sites for hydroxylation is 1. The minimum Gasteiger partial charge on any atom is -0.361 e. The molecule has 0 bridgehead atoms. The van der Waals surface area contributed by atoms with Gasteiger partial charge in [0.15, 0.2) is 0 Å². The highest BCUT2D eigenvalue weighted by atomic mass is 35.5. The van der Waals surface area contributed by atoms with E-state index in [-0.39, 0.29) is 5.91 Å². The van der Waals surface area contributed by atoms with E-state index >= 15 is 0 Å². The predicted molar refractivity (Wildman–Crippen MR) is 91.5 cm³/mol. The number of nitrogens with one attached hydrogen (secondary N) is 2. The van der Waals surface area contributed by atoms with Gasteiger partial charge >= 0.3 is 0 Å². The number of aromatic nitrogens is 3. The summed E-state index contributed by atoms with van der Waals surface area (Å²) in [5, 5.41) is 8.82. The number of aromatic amines is 1. The van der Waals surface area contributed by atoms with Gasteiger partial charge in [-0.15, -0.1) is 0 Å². The number of carbonyl (C=O) groups excluding carboxylic acids is 1. The minimum absolute atomic E-state index is 0.0723. The molecule has 1 amide bonds. The van der Waals surface area contributed by atoms with Crippen LogP contribution in [0.25, 0.3) is 10.9 Å². The van der Waals surface area contributed by atoms with Crippen LogP contribution in [-0.2, 0) is 17.8 Å². The van der Waals surface area contributed by atoms with E-state index < -0.39 is 0 Å². The summed E-state index contributed by atoms with van der Waals surface area (Å²) in [5.41, 5.74) is 2.41. The van der Waals surface area contributed by atoms with Gasteiger partial charge in [0.1, 0.15) is 0 Å². The summed E-state index contributed by atoms with van der Waals surface area (Å²) in [5.74, 6) is 0.0723. The second-order valence-corrected chi connectivity index (χ2v) is 5.92. The Morgan fingerprint density at radius 2 is 2.22 bits per heavy atom. The van der Waals surface area contributed by atoms with Crippen LogP contribution in [0.3, 0.4) is 0 Å². The maximum Gasteiger partial charge on any atom is 0.220 e. The molecule has 5 nitrogen and oxygen atoms in total. The summed E-state index contributed by atoms with van der Waals surface area (Å²) in [7, 11) is 0. The molecule has 0 radical (unpaired) electrons. The van der Waals surface area contributed by atoms with Crippen molar-refractivity contribution in [3.8, 4) is 0 Å². The van der Waals surface area contributed by atoms with Crippen LogP contribution in [0, 0.1) is 0 Å². The van der Waals surface area contributed by atoms with Crippen LogP contribution in [0.2, 0.25) is 5.02 Å². The first kappa shape index (κ1) is 15.6. The van der Waals surface area contributed by atoms with Crippen LogP contribution in [0.4, 0.5) is 0 Å². The third-order valence-corrected chi connectivity index (χ3v) is 3.98. The Bertz CT molecular complexity index is 793. The van der Waals surface area contributed by atoms with E-state index in [0.29, 0.717) is 24.5 Å². The molecule has 2 heterocycles. The van der Waals surface area contributed by atoms with Crippen LogP contribution in [0.15, 0.2) is 42.9 Å². The summed E-state index contributed by atoms with van der Waals surface area (Å²) in [6.45, 7) is 1.19. The lowest BCUT2D eigenvalue weighted by molar-refractivity contribution is -0.121. The number of nitrogens with zero attached hydrogens (tertiary/aromatic N) is 2. The molecule has 6 heteroatoms. The van der Waals surface area contributed by atoms with Crippen molar-refractivity contribution >= 4 is 28.4 Å². The molecular formula is C17H19ClN4O. The van der Waals surface area contributed by atoms with Gasteiger partial charge in [-0.25, -0.2) is 0 Å². The SMILES string of the molecule is O=C(CCCc1c[nH]c2ccccc12)NCCn1cc(Cl)cn1. The number of hydrogen-bond donors (Lipinski definition) is 2. The summed E-state index contributed by atoms with van der Waals surface area (Å²) >= 11 is 5.79. The van der Waals surface area contributed by atoms with E-state index in [9.17, 15) is 4.79 Å². The Hall–Kier alpha value is -2.27. The molecule has 0 unspecified atom stereocenters. The fraction of sp³-hybridized carbons (Fsp3) is 0.294. The Balaban J connectivity index is 1.39. The Labute approximate surface area is 139 Å². The lowest BCUT2D eigenvalue weighted by Gasteiger charge is -2.05. The molecular weight excluding hydrogens is 312 g/mol. The zero-order chi connectivity index (χ0) is 16.1. The van der Waals surface area contributed by atoms with Crippen LogP contribution < -0.4 is 5.32 Å². The molecule has 0 fully saturated rings. The Morgan fingerprint density at radius 3 is 3.04 bits per heavy atom. The van der Waals surface area contributed by atoms with E-state index in [0.717, 1.165) is 18.4 Å². The van der Waals surface area contributed by atoms with Crippen molar-refractivity contribution in [2.45, 2.75) is 25.8 Å². The highest BCUT2D eigenvalue weighted by Crippen LogP contribution is 2.19. The number of H-pyrrole nitrogens is 1. The predicted octanol–water partition coefficient (Wildman–Crippen LogP) is 3.16. The normalized spacial score (nSPS) is 11.0. The first-order valence-electron chi connectivity index (χ1n) is 7.72. The third-order valence-electron chi connectivity index (χ3n) is 3.79. The van der Waals surface area contributed by atoms with Crippen molar-refractivity contribution in [3.63, 3.8) is 0 Å². The van der Waals surface area contributed by atoms with Gasteiger partial charge in [0, 0.05) is 36.3 Å². The van der Waals surface area contributed by atoms with Crippen LogP contribution in [0.5, 0.6) is 0 Å². The van der Waals surface area contributed by atoms with Crippen molar-refractivity contribution in [2.24, 2.45) is 0 Å². The van der Waals surface area contributed by atoms with Gasteiger partial charge in [-0.05, 0) is 24.5 Å². The van der Waals surface area contributed by atoms with Gasteiger partial charge in [0.05, 0.1) is 17.8 Å². The highest BCUT2D eigenvalue weighted by molar-refractivity contribution is 6.30. The van der Waals surface area contributed by atoms with Crippen molar-refractivity contribution in [1.29, 1.82) is 0 Å². The second kappa shape index (κ2) is 7.33. The molecule has 0 saturated carbocycles. The Morgan fingerprint density at radius 1 is 1.35 bits per heavy atom. The van der Waals surface area contributed by atoms with Gasteiger partial charge in [-0.3, -0.25) is 9.48 Å². The molecule has 2 N–H and O–H groups in total. The van der Waals surface area contributed by atoms with Gasteiger partial charge in [0.2, 0.25) is 5.91 Å². The number of para-hydroxylation sites is 1. The molecule has 0 spiro atoms. The van der Waals surface area contributed by atoms with Crippen LogP contribution in [-0.4, -0.2) is 27.2 Å². The molecule has 0 saturated heterocycles. The number of benzene rings is 1. The smallest absolute Gasteiger partial charge is 0.220 e. The van der Waals surface area contributed by atoms with Crippen molar-refractivity contribution in [3.05, 3.63) is 53.4 Å². The molecule has 0 aliphatic heterocycles. The van der Waals surface area contributed by atoms with E-state index in [1.807, 2.05) is 18.3 Å². The molecule has 3 rings (SSSR count). The fourth-order valence-electron chi connectivity index (χ4n) is 2.64. The van der Waals surface area contributed by atoms with Gasteiger partial charge < -0.3 is 10.3 Å². The van der Waals surface area contributed by atoms with Crippen LogP contribution >= 0.6 is 11.6 Å². The maximum absolute atomic E-state index is 11.9. The average molecular weight is 331 g/mol. The van der Waals surface area contributed by atoms with Crippen molar-refractivity contribution < 1.29 is 4.79 Å². The molecule has 2 aromatic heterocycles. The molecule has 23 heavy (non-hydrogen) atoms. The van der Waals surface area contributed by atoms with Crippen molar-refractivity contribution in [2.75, 3.05) is 6.54 Å². The summed E-state index contributed by atoms with van der Waals surface area (Å²) in [4.78, 5) is 15.1. The summed E-state index contributed by atoms with van der Waals surface area (Å²) in [6, 6.07) is 8.22. The maximum atomic E-state index is 11.9. The quantitative estimate of drug-likeness (QED) is 0.699. The molecule has 3 aromatic rings. The zero-order valence-electron chi connectivity index (χ0n) is 12.8. The molecule has 120 valence electrons. The number of fused-ring (bicyclic) bond motifs is 1. The lowest BCUT2D eigenvalue weighted by atomic mass is 10.1. The number of halogens is 1. The summed E-state index contributed by atoms with van der Waals surface area (Å²) in [6.07, 6.45) is 7.62. The standard InChI is InChI=1S/C17H19ClN4O/c18-14-11-21-22(12-14)9-8-19-17(23)7-3-4-13-10-20-16-6-2-1-5-15(13)16/h1-2,5-6,10-12,20H,3-4,7-9H2,(H,19,23). The summed E-state index contributed by atoms with van der Waals surface area (Å²) < 4.78 is 1.72. The van der Waals surface area contributed by atoms with Gasteiger partial charge in [-0.2, -0.15) is 5.10 Å². The molecule has 0 atom stereocenters. The number of amides is 1. The van der Waals surface area contributed by atoms with Crippen LogP contribution in [0.1, 0.15) is 18.4 Å². The molecule has 1 aromatic carbocycles. The average Bonchev–Trinajstić information content (AvgIpc) is 3.14. The van der Waals surface area contributed by atoms with E-state index in [1.165, 1.54) is 10.9 Å². The largest absolute Gasteiger partial charge is 0.361 e. The number of carbonyl (C=O) groups is 1. The first-order chi connectivity index (χ1) is 11.2. The van der Waals surface area contributed by atoms with E-state index in [4.69, 9.17) is 11.6 Å². The lowest BCUT2D eigenvalue weighted by Crippen LogP contribution is -2.27. The molecule has 0 aliphatic rings. The molecule has 0 aliphatic carbocycles. The zero-order valence-corrected chi connectivity index (χ0v) is 13.5. The first-order valence-corrected chi connectivity index (χ1v) is 8.10. The fourth-order valence-corrected chi connectivity index (χ4v) is 2.79. The minimum atomic E-state index is 0.0723. The monoisotopic (exact) mass is 330 g/mol. The van der Waals surface area contributed by atoms with E-state index in [2.05, 4.69) is 27.5 Å².